The lowest BCUT2D eigenvalue weighted by atomic mass is 10.1. The van der Waals surface area contributed by atoms with Crippen molar-refractivity contribution in [3.8, 4) is 79.8 Å². The molecule has 0 saturated heterocycles. The van der Waals surface area contributed by atoms with Gasteiger partial charge in [-0.3, -0.25) is 9.97 Å². The Morgan fingerprint density at radius 2 is 0.608 bits per heavy atom. The minimum atomic E-state index is -0.432. The molecule has 6 aromatic carbocycles. The average Bonchev–Trinajstić information content (AvgIpc) is 1.69. The standard InChI is InChI=1S/2C22H19N7O.2C22H18N6O2/c2*1-14(25-18-10-11-23-19-12-16(30-2)13-24-21(18)19)22-27-26-20-9-8-17(28-29(20)22)15-6-4-3-5-7-15;2*1-14(30-22-17-9-8-16(29-2)12-19(17)23-13-24-22)21-26-25-20-11-10-18(27-28(20)21)15-6-4-3-5-7-15/h2*3-14H,1-2H3,(H,23,25);2*3-14H,1-2H3/t4*14-/m1010/s1. The third-order valence-electron chi connectivity index (χ3n) is 19.4. The van der Waals surface area contributed by atoms with E-state index < -0.39 is 12.2 Å². The molecule has 0 saturated carbocycles. The Morgan fingerprint density at radius 3 is 0.942 bits per heavy atom. The van der Waals surface area contributed by atoms with Crippen LogP contribution in [0.3, 0.4) is 0 Å². The van der Waals surface area contributed by atoms with Crippen molar-refractivity contribution >= 4 is 77.8 Å². The van der Waals surface area contributed by atoms with E-state index in [4.69, 9.17) is 48.8 Å². The number of ether oxygens (including phenoxy) is 6. The summed E-state index contributed by atoms with van der Waals surface area (Å²) in [5.74, 6) is 6.30. The molecular weight excluding hydrogens is 1520 g/mol. The predicted molar refractivity (Wildman–Crippen MR) is 451 cm³/mol. The summed E-state index contributed by atoms with van der Waals surface area (Å²) < 4.78 is 40.3. The molecule has 32 heteroatoms. The first-order chi connectivity index (χ1) is 58.9. The Kier molecular flexibility index (Phi) is 21.9. The Morgan fingerprint density at radius 1 is 0.292 bits per heavy atom. The van der Waals surface area contributed by atoms with Gasteiger partial charge in [-0.15, -0.1) is 40.8 Å². The van der Waals surface area contributed by atoms with Crippen LogP contribution >= 0.6 is 0 Å². The number of aromatic nitrogens is 24. The molecule has 120 heavy (non-hydrogen) atoms. The van der Waals surface area contributed by atoms with Crippen molar-refractivity contribution in [2.45, 2.75) is 52.0 Å². The molecule has 0 fully saturated rings. The summed E-state index contributed by atoms with van der Waals surface area (Å²) in [5.41, 5.74) is 16.4. The number of nitrogens with one attached hydrogen (secondary N) is 2. The summed E-state index contributed by atoms with van der Waals surface area (Å²) in [6.07, 6.45) is 8.92. The van der Waals surface area contributed by atoms with Crippen molar-refractivity contribution in [3.05, 3.63) is 291 Å². The second kappa shape index (κ2) is 34.4. The van der Waals surface area contributed by atoms with Crippen molar-refractivity contribution < 1.29 is 28.4 Å². The molecule has 2 N–H and O–H groups in total. The summed E-state index contributed by atoms with van der Waals surface area (Å²) in [7, 11) is 6.46. The molecule has 20 rings (SSSR count). The molecule has 0 aliphatic heterocycles. The minimum Gasteiger partial charge on any atom is -0.497 e. The molecule has 0 radical (unpaired) electrons. The quantitative estimate of drug-likeness (QED) is 0.0715. The highest BCUT2D eigenvalue weighted by molar-refractivity contribution is 5.90. The van der Waals surface area contributed by atoms with Crippen LogP contribution in [-0.2, 0) is 0 Å². The van der Waals surface area contributed by atoms with E-state index in [1.54, 1.807) is 71.3 Å². The fraction of sp³-hybridized carbons (Fsp3) is 0.136. The smallest absolute Gasteiger partial charge is 0.225 e. The van der Waals surface area contributed by atoms with Gasteiger partial charge in [0, 0.05) is 58.9 Å². The van der Waals surface area contributed by atoms with E-state index in [1.165, 1.54) is 12.7 Å². The van der Waals surface area contributed by atoms with E-state index in [-0.39, 0.29) is 12.1 Å². The van der Waals surface area contributed by atoms with Gasteiger partial charge in [-0.2, -0.15) is 38.5 Å². The van der Waals surface area contributed by atoms with Crippen LogP contribution in [0.15, 0.2) is 268 Å². The Labute approximate surface area is 684 Å². The van der Waals surface area contributed by atoms with Crippen LogP contribution in [0.4, 0.5) is 11.4 Å². The Hall–Kier alpha value is -16.3. The first kappa shape index (κ1) is 76.4. The Balaban J connectivity index is 0.000000114. The fourth-order valence-electron chi connectivity index (χ4n) is 13.3. The van der Waals surface area contributed by atoms with Gasteiger partial charge >= 0.3 is 0 Å². The zero-order valence-corrected chi connectivity index (χ0v) is 65.9. The summed E-state index contributed by atoms with van der Waals surface area (Å²) in [5, 5.41) is 61.8. The molecule has 14 aromatic heterocycles. The molecule has 0 aliphatic carbocycles. The average molecular weight is 1590 g/mol. The largest absolute Gasteiger partial charge is 0.497 e. The van der Waals surface area contributed by atoms with Crippen LogP contribution in [0, 0.1) is 0 Å². The van der Waals surface area contributed by atoms with Gasteiger partial charge in [-0.05, 0) is 113 Å². The van der Waals surface area contributed by atoms with Crippen LogP contribution in [0.5, 0.6) is 34.8 Å². The lowest BCUT2D eigenvalue weighted by Crippen LogP contribution is -2.12. The molecule has 4 atom stereocenters. The van der Waals surface area contributed by atoms with E-state index in [9.17, 15) is 0 Å². The number of anilines is 2. The number of pyridine rings is 4. The second-order valence-corrected chi connectivity index (χ2v) is 27.2. The minimum absolute atomic E-state index is 0.159. The summed E-state index contributed by atoms with van der Waals surface area (Å²) in [4.78, 5) is 35.0. The Bertz CT molecular complexity index is 6170. The first-order valence-corrected chi connectivity index (χ1v) is 38.0. The molecule has 592 valence electrons. The number of nitrogens with zero attached hydrogens (tertiary/aromatic N) is 24. The number of benzene rings is 6. The maximum Gasteiger partial charge on any atom is 0.225 e. The summed E-state index contributed by atoms with van der Waals surface area (Å²) in [6, 6.07) is 73.7. The van der Waals surface area contributed by atoms with E-state index in [0.717, 1.165) is 112 Å². The molecule has 20 aromatic rings. The van der Waals surface area contributed by atoms with Crippen LogP contribution in [0.25, 0.3) is 111 Å². The topological polar surface area (TPSA) is 355 Å². The third-order valence-corrected chi connectivity index (χ3v) is 19.4. The van der Waals surface area contributed by atoms with Gasteiger partial charge in [0.25, 0.3) is 0 Å². The van der Waals surface area contributed by atoms with Gasteiger partial charge in [-0.25, -0.2) is 29.9 Å². The zero-order valence-electron chi connectivity index (χ0n) is 65.9. The molecule has 14 heterocycles. The van der Waals surface area contributed by atoms with Gasteiger partial charge in [0.15, 0.2) is 58.1 Å². The molecule has 0 unspecified atom stereocenters. The zero-order chi connectivity index (χ0) is 82.0. The third kappa shape index (κ3) is 16.3. The highest BCUT2D eigenvalue weighted by atomic mass is 16.5. The van der Waals surface area contributed by atoms with Gasteiger partial charge in [-0.1, -0.05) is 121 Å². The van der Waals surface area contributed by atoms with Crippen LogP contribution in [-0.4, -0.2) is 148 Å². The lowest BCUT2D eigenvalue weighted by molar-refractivity contribution is 0.207. The molecule has 32 nitrogen and oxygen atoms in total. The molecule has 0 bridgehead atoms. The molecule has 0 amide bonds. The summed E-state index contributed by atoms with van der Waals surface area (Å²) in [6.45, 7) is 7.82. The monoisotopic (exact) mass is 1590 g/mol. The van der Waals surface area contributed by atoms with E-state index in [2.05, 4.69) is 91.3 Å². The fourth-order valence-corrected chi connectivity index (χ4v) is 13.3. The van der Waals surface area contributed by atoms with Crippen molar-refractivity contribution in [3.63, 3.8) is 0 Å². The number of hydrogen-bond donors (Lipinski definition) is 2. The number of hydrogen-bond acceptors (Lipinski definition) is 28. The lowest BCUT2D eigenvalue weighted by Gasteiger charge is -2.15. The van der Waals surface area contributed by atoms with Crippen molar-refractivity contribution in [2.24, 2.45) is 0 Å². The highest BCUT2D eigenvalue weighted by Crippen LogP contribution is 2.34. The van der Waals surface area contributed by atoms with Gasteiger partial charge < -0.3 is 39.1 Å². The van der Waals surface area contributed by atoms with Crippen LogP contribution < -0.4 is 39.1 Å². The maximum absolute atomic E-state index is 6.14. The number of rotatable bonds is 20. The summed E-state index contributed by atoms with van der Waals surface area (Å²) >= 11 is 0. The van der Waals surface area contributed by atoms with E-state index in [0.29, 0.717) is 69.1 Å². The molecule has 0 spiro atoms. The van der Waals surface area contributed by atoms with E-state index in [1.807, 2.05) is 258 Å². The SMILES string of the molecule is COc1ccc2c(O[C@@H](C)c3nnc4ccc(-c5ccccc5)nn34)ncnc2c1.COc1ccc2c(O[C@H](C)c3nnc4ccc(-c5ccccc5)nn34)ncnc2c1.COc1cnc2c(N[C@@H](C)c3nnc4ccc(-c5ccccc5)nn34)ccnc2c1.COc1cnc2c(N[C@H](C)c3nnc4ccc(-c5ccccc5)nn34)ccnc2c1. The van der Waals surface area contributed by atoms with Crippen LogP contribution in [0.2, 0.25) is 0 Å². The second-order valence-electron chi connectivity index (χ2n) is 27.2. The molecule has 0 aliphatic rings. The van der Waals surface area contributed by atoms with E-state index >= 15 is 0 Å². The highest BCUT2D eigenvalue weighted by Gasteiger charge is 2.24. The maximum atomic E-state index is 6.14. The molecular formula is C88H74N26O6. The first-order valence-electron chi connectivity index (χ1n) is 38.0. The number of fused-ring (bicyclic) bond motifs is 8. The van der Waals surface area contributed by atoms with Crippen molar-refractivity contribution in [1.29, 1.82) is 0 Å². The van der Waals surface area contributed by atoms with Gasteiger partial charge in [0.05, 0.1) is 120 Å². The normalized spacial score (nSPS) is 12.2. The predicted octanol–water partition coefficient (Wildman–Crippen LogP) is 15.6. The van der Waals surface area contributed by atoms with Crippen molar-refractivity contribution in [1.82, 2.24) is 119 Å². The van der Waals surface area contributed by atoms with Gasteiger partial charge in [0.2, 0.25) is 11.8 Å². The van der Waals surface area contributed by atoms with Crippen molar-refractivity contribution in [2.75, 3.05) is 39.1 Å². The van der Waals surface area contributed by atoms with Crippen LogP contribution in [0.1, 0.15) is 75.3 Å². The number of methoxy groups -OCH3 is 4. The van der Waals surface area contributed by atoms with Gasteiger partial charge in [0.1, 0.15) is 46.7 Å².